The number of aromatic nitrogens is 3. The van der Waals surface area contributed by atoms with Crippen LogP contribution in [0.15, 0.2) is 24.4 Å². The van der Waals surface area contributed by atoms with Gasteiger partial charge in [-0.05, 0) is 30.5 Å². The van der Waals surface area contributed by atoms with E-state index in [0.717, 1.165) is 0 Å². The maximum atomic E-state index is 13.8. The number of hydrogen-bond acceptors (Lipinski definition) is 6. The quantitative estimate of drug-likeness (QED) is 0.904. The van der Waals surface area contributed by atoms with Crippen molar-refractivity contribution in [1.82, 2.24) is 15.0 Å². The summed E-state index contributed by atoms with van der Waals surface area (Å²) in [5.74, 6) is -0.236. The molecule has 2 fully saturated rings. The van der Waals surface area contributed by atoms with Gasteiger partial charge in [-0.15, -0.1) is 5.10 Å². The van der Waals surface area contributed by atoms with Gasteiger partial charge in [-0.25, -0.2) is 9.07 Å². The van der Waals surface area contributed by atoms with Gasteiger partial charge in [-0.1, -0.05) is 11.3 Å². The smallest absolute Gasteiger partial charge is 0.192 e. The molecule has 3 atom stereocenters. The lowest BCUT2D eigenvalue weighted by atomic mass is 9.90. The van der Waals surface area contributed by atoms with E-state index in [-0.39, 0.29) is 11.9 Å². The molecule has 1 unspecified atom stereocenters. The van der Waals surface area contributed by atoms with Crippen molar-refractivity contribution in [1.29, 1.82) is 0 Å². The standard InChI is InChI=1S/C16H18FN3O4/c1-22-13-3-2-10(6-12(13)17)7-20-8-14(18-19-20)16(21)5-4-11-9-23-15(16)24-11/h2-3,6,8,11,15,21H,4-5,7,9H2,1H3/t11-,15+,16?/m0/s1. The molecule has 2 aliphatic rings. The Hall–Kier alpha value is -2.03. The summed E-state index contributed by atoms with van der Waals surface area (Å²) in [7, 11) is 1.42. The minimum atomic E-state index is -1.30. The van der Waals surface area contributed by atoms with Gasteiger partial charge in [0.1, 0.15) is 5.69 Å². The number of ether oxygens (including phenoxy) is 3. The van der Waals surface area contributed by atoms with Gasteiger partial charge in [0.05, 0.1) is 32.6 Å². The number of halogens is 1. The normalized spacial score (nSPS) is 29.0. The van der Waals surface area contributed by atoms with Crippen molar-refractivity contribution < 1.29 is 23.7 Å². The fraction of sp³-hybridized carbons (Fsp3) is 0.500. The van der Waals surface area contributed by atoms with Gasteiger partial charge in [0.2, 0.25) is 0 Å². The minimum Gasteiger partial charge on any atom is -0.494 e. The zero-order valence-corrected chi connectivity index (χ0v) is 13.2. The summed E-state index contributed by atoms with van der Waals surface area (Å²) in [6, 6.07) is 4.72. The third-order valence-corrected chi connectivity index (χ3v) is 4.53. The van der Waals surface area contributed by atoms with Gasteiger partial charge in [0, 0.05) is 0 Å². The van der Waals surface area contributed by atoms with Crippen LogP contribution in [0.1, 0.15) is 24.1 Å². The molecule has 8 heteroatoms. The van der Waals surface area contributed by atoms with Crippen LogP contribution in [0.25, 0.3) is 0 Å². The first kappa shape index (κ1) is 15.5. The number of rotatable bonds is 4. The van der Waals surface area contributed by atoms with E-state index in [2.05, 4.69) is 10.3 Å². The molecule has 1 aromatic heterocycles. The van der Waals surface area contributed by atoms with E-state index in [0.29, 0.717) is 37.3 Å². The minimum absolute atomic E-state index is 0.0487. The predicted octanol–water partition coefficient (Wildman–Crippen LogP) is 1.20. The molecular formula is C16H18FN3O4. The second-order valence-corrected chi connectivity index (χ2v) is 6.16. The third-order valence-electron chi connectivity index (χ3n) is 4.53. The summed E-state index contributed by atoms with van der Waals surface area (Å²) < 4.78 is 31.4. The van der Waals surface area contributed by atoms with Crippen molar-refractivity contribution in [2.75, 3.05) is 13.7 Å². The topological polar surface area (TPSA) is 78.6 Å². The second kappa shape index (κ2) is 5.80. The molecule has 2 bridgehead atoms. The van der Waals surface area contributed by atoms with Crippen LogP contribution in [0.4, 0.5) is 4.39 Å². The average molecular weight is 335 g/mol. The Balaban J connectivity index is 1.53. The molecule has 4 rings (SSSR count). The molecular weight excluding hydrogens is 317 g/mol. The number of benzene rings is 1. The maximum Gasteiger partial charge on any atom is 0.192 e. The Bertz CT molecular complexity index is 753. The lowest BCUT2D eigenvalue weighted by Gasteiger charge is -2.34. The number of nitrogens with zero attached hydrogens (tertiary/aromatic N) is 3. The van der Waals surface area contributed by atoms with Crippen LogP contribution < -0.4 is 4.74 Å². The SMILES string of the molecule is COc1ccc(Cn2cc(C3(O)CC[C@H]4CO[C@@H]3O4)nn2)cc1F. The van der Waals surface area contributed by atoms with Gasteiger partial charge in [0.15, 0.2) is 23.5 Å². The van der Waals surface area contributed by atoms with Crippen molar-refractivity contribution in [3.8, 4) is 5.75 Å². The van der Waals surface area contributed by atoms with Crippen molar-refractivity contribution in [3.63, 3.8) is 0 Å². The predicted molar refractivity (Wildman–Crippen MR) is 79.8 cm³/mol. The van der Waals surface area contributed by atoms with Gasteiger partial charge in [0.25, 0.3) is 0 Å². The Morgan fingerprint density at radius 2 is 2.38 bits per heavy atom. The zero-order chi connectivity index (χ0) is 16.7. The van der Waals surface area contributed by atoms with Crippen LogP contribution in [0.2, 0.25) is 0 Å². The molecule has 2 saturated heterocycles. The molecule has 2 aliphatic heterocycles. The number of methoxy groups -OCH3 is 1. The first-order valence-electron chi connectivity index (χ1n) is 7.81. The zero-order valence-electron chi connectivity index (χ0n) is 13.2. The molecule has 1 N–H and O–H groups in total. The average Bonchev–Trinajstić information content (AvgIpc) is 3.20. The number of hydrogen-bond donors (Lipinski definition) is 1. The lowest BCUT2D eigenvalue weighted by molar-refractivity contribution is -0.219. The van der Waals surface area contributed by atoms with Crippen LogP contribution in [0, 0.1) is 5.82 Å². The summed E-state index contributed by atoms with van der Waals surface area (Å²) in [4.78, 5) is 0. The van der Waals surface area contributed by atoms with E-state index in [9.17, 15) is 9.50 Å². The second-order valence-electron chi connectivity index (χ2n) is 6.16. The Morgan fingerprint density at radius 1 is 1.50 bits per heavy atom. The highest BCUT2D eigenvalue weighted by Gasteiger charge is 2.51. The molecule has 0 spiro atoms. The van der Waals surface area contributed by atoms with E-state index >= 15 is 0 Å². The molecule has 3 heterocycles. The van der Waals surface area contributed by atoms with Crippen LogP contribution >= 0.6 is 0 Å². The highest BCUT2D eigenvalue weighted by atomic mass is 19.1. The highest BCUT2D eigenvalue weighted by Crippen LogP contribution is 2.40. The first-order chi connectivity index (χ1) is 11.6. The molecule has 24 heavy (non-hydrogen) atoms. The molecule has 2 aromatic rings. The van der Waals surface area contributed by atoms with E-state index in [1.165, 1.54) is 13.2 Å². The summed E-state index contributed by atoms with van der Waals surface area (Å²) in [5.41, 5.74) is -0.174. The van der Waals surface area contributed by atoms with Crippen LogP contribution in [-0.4, -0.2) is 46.2 Å². The summed E-state index contributed by atoms with van der Waals surface area (Å²) >= 11 is 0. The first-order valence-corrected chi connectivity index (χ1v) is 7.81. The number of fused-ring (bicyclic) bond motifs is 2. The number of aliphatic hydroxyl groups is 1. The van der Waals surface area contributed by atoms with Crippen molar-refractivity contribution in [2.24, 2.45) is 0 Å². The molecule has 0 aliphatic carbocycles. The molecule has 128 valence electrons. The molecule has 1 aromatic carbocycles. The van der Waals surface area contributed by atoms with Gasteiger partial charge in [-0.2, -0.15) is 0 Å². The van der Waals surface area contributed by atoms with E-state index in [1.807, 2.05) is 0 Å². The highest BCUT2D eigenvalue weighted by molar-refractivity contribution is 5.29. The van der Waals surface area contributed by atoms with Gasteiger partial charge < -0.3 is 19.3 Å². The van der Waals surface area contributed by atoms with Gasteiger partial charge in [-0.3, -0.25) is 0 Å². The lowest BCUT2D eigenvalue weighted by Crippen LogP contribution is -2.44. The van der Waals surface area contributed by atoms with Crippen LogP contribution in [-0.2, 0) is 21.6 Å². The van der Waals surface area contributed by atoms with E-state index < -0.39 is 17.7 Å². The monoisotopic (exact) mass is 335 g/mol. The summed E-state index contributed by atoms with van der Waals surface area (Å²) in [6.07, 6.45) is 2.21. The van der Waals surface area contributed by atoms with E-state index in [4.69, 9.17) is 14.2 Å². The Kier molecular flexibility index (Phi) is 3.75. The fourth-order valence-corrected chi connectivity index (χ4v) is 3.17. The molecule has 0 amide bonds. The van der Waals surface area contributed by atoms with Crippen molar-refractivity contribution in [2.45, 2.75) is 37.4 Å². The van der Waals surface area contributed by atoms with Crippen molar-refractivity contribution >= 4 is 0 Å². The summed E-state index contributed by atoms with van der Waals surface area (Å²) in [5, 5.41) is 19.0. The largest absolute Gasteiger partial charge is 0.494 e. The summed E-state index contributed by atoms with van der Waals surface area (Å²) in [6.45, 7) is 0.825. The molecule has 0 radical (unpaired) electrons. The van der Waals surface area contributed by atoms with Crippen LogP contribution in [0.3, 0.4) is 0 Å². The third kappa shape index (κ3) is 2.56. The molecule has 0 saturated carbocycles. The van der Waals surface area contributed by atoms with Crippen molar-refractivity contribution in [3.05, 3.63) is 41.5 Å². The molecule has 7 nitrogen and oxygen atoms in total. The fourth-order valence-electron chi connectivity index (χ4n) is 3.17. The van der Waals surface area contributed by atoms with Crippen LogP contribution in [0.5, 0.6) is 5.75 Å². The van der Waals surface area contributed by atoms with E-state index in [1.54, 1.807) is 23.0 Å². The Morgan fingerprint density at radius 3 is 3.17 bits per heavy atom. The van der Waals surface area contributed by atoms with Gasteiger partial charge >= 0.3 is 0 Å². The maximum absolute atomic E-state index is 13.8. The Labute approximate surface area is 137 Å².